The third kappa shape index (κ3) is 4.42. The van der Waals surface area contributed by atoms with Crippen LogP contribution in [-0.4, -0.2) is 21.1 Å². The zero-order valence-corrected chi connectivity index (χ0v) is 9.41. The van der Waals surface area contributed by atoms with Gasteiger partial charge in [-0.05, 0) is 12.5 Å². The molecule has 0 radical (unpaired) electrons. The largest absolute Gasteiger partial charge is 0.328 e. The summed E-state index contributed by atoms with van der Waals surface area (Å²) in [6, 6.07) is 8.90. The molecular formula is C10H15NO3S. The summed E-state index contributed by atoms with van der Waals surface area (Å²) in [4.78, 5) is 0. The maximum Gasteiger partial charge on any atom is 0.271 e. The number of nitrogens with two attached hydrogens (primary N) is 1. The van der Waals surface area contributed by atoms with E-state index in [2.05, 4.69) is 0 Å². The molecule has 1 aromatic rings. The van der Waals surface area contributed by atoms with Crippen molar-refractivity contribution in [1.82, 2.24) is 0 Å². The van der Waals surface area contributed by atoms with Crippen molar-refractivity contribution in [1.29, 1.82) is 0 Å². The first-order valence-electron chi connectivity index (χ1n) is 4.68. The molecule has 4 nitrogen and oxygen atoms in total. The fraction of sp³-hybridized carbons (Fsp3) is 0.400. The predicted octanol–water partition coefficient (Wildman–Crippen LogP) is 0.880. The van der Waals surface area contributed by atoms with Crippen LogP contribution in [0.3, 0.4) is 0 Å². The molecule has 5 heteroatoms. The van der Waals surface area contributed by atoms with Gasteiger partial charge >= 0.3 is 0 Å². The Kier molecular flexibility index (Phi) is 4.26. The Morgan fingerprint density at radius 1 is 1.33 bits per heavy atom. The normalized spacial score (nSPS) is 13.7. The van der Waals surface area contributed by atoms with Crippen molar-refractivity contribution < 1.29 is 12.6 Å². The second-order valence-electron chi connectivity index (χ2n) is 3.33. The molecule has 1 aromatic carbocycles. The summed E-state index contributed by atoms with van der Waals surface area (Å²) in [7, 11) is -3.53. The summed E-state index contributed by atoms with van der Waals surface area (Å²) in [5.41, 5.74) is 5.99. The van der Waals surface area contributed by atoms with Crippen LogP contribution in [0.15, 0.2) is 30.3 Å². The third-order valence-corrected chi connectivity index (χ3v) is 3.14. The van der Waals surface area contributed by atoms with Crippen LogP contribution in [-0.2, 0) is 20.1 Å². The molecule has 0 amide bonds. The average Bonchev–Trinajstić information content (AvgIpc) is 2.17. The van der Waals surface area contributed by atoms with Crippen molar-refractivity contribution in [2.45, 2.75) is 18.8 Å². The van der Waals surface area contributed by atoms with Gasteiger partial charge in [0.1, 0.15) is 5.75 Å². The second kappa shape index (κ2) is 5.25. The minimum Gasteiger partial charge on any atom is -0.328 e. The van der Waals surface area contributed by atoms with Crippen LogP contribution < -0.4 is 5.73 Å². The van der Waals surface area contributed by atoms with E-state index in [4.69, 9.17) is 9.92 Å². The third-order valence-electron chi connectivity index (χ3n) is 1.83. The lowest BCUT2D eigenvalue weighted by atomic mass is 10.2. The first kappa shape index (κ1) is 12.2. The number of hydrogen-bond acceptors (Lipinski definition) is 4. The minimum atomic E-state index is -3.53. The van der Waals surface area contributed by atoms with Gasteiger partial charge in [-0.3, -0.25) is 4.18 Å². The lowest BCUT2D eigenvalue weighted by molar-refractivity contribution is 0.236. The Hall–Kier alpha value is -0.910. The van der Waals surface area contributed by atoms with Gasteiger partial charge in [-0.25, -0.2) is 0 Å². The second-order valence-corrected chi connectivity index (χ2v) is 4.93. The zero-order chi connectivity index (χ0) is 11.3. The smallest absolute Gasteiger partial charge is 0.271 e. The topological polar surface area (TPSA) is 69.4 Å². The molecule has 0 spiro atoms. The predicted molar refractivity (Wildman–Crippen MR) is 58.7 cm³/mol. The van der Waals surface area contributed by atoms with Gasteiger partial charge in [0.2, 0.25) is 0 Å². The van der Waals surface area contributed by atoms with Crippen LogP contribution in [0.25, 0.3) is 0 Å². The fourth-order valence-electron chi connectivity index (χ4n) is 1.10. The molecule has 0 fully saturated rings. The van der Waals surface area contributed by atoms with Gasteiger partial charge in [0.25, 0.3) is 10.1 Å². The number of benzene rings is 1. The molecule has 15 heavy (non-hydrogen) atoms. The fourth-order valence-corrected chi connectivity index (χ4v) is 2.35. The van der Waals surface area contributed by atoms with Crippen LogP contribution in [0, 0.1) is 0 Å². The Bertz CT molecular complexity index is 388. The van der Waals surface area contributed by atoms with Crippen molar-refractivity contribution in [2.24, 2.45) is 5.73 Å². The number of hydrogen-bond donors (Lipinski definition) is 1. The van der Waals surface area contributed by atoms with E-state index in [-0.39, 0.29) is 12.3 Å². The highest BCUT2D eigenvalue weighted by Crippen LogP contribution is 2.08. The van der Waals surface area contributed by atoms with E-state index in [1.165, 1.54) is 0 Å². The molecule has 0 bridgehead atoms. The zero-order valence-electron chi connectivity index (χ0n) is 8.59. The summed E-state index contributed by atoms with van der Waals surface area (Å²) >= 11 is 0. The maximum absolute atomic E-state index is 11.5. The average molecular weight is 229 g/mol. The first-order valence-corrected chi connectivity index (χ1v) is 6.26. The van der Waals surface area contributed by atoms with Crippen LogP contribution >= 0.6 is 0 Å². The van der Waals surface area contributed by atoms with Crippen molar-refractivity contribution in [2.75, 3.05) is 6.54 Å². The van der Waals surface area contributed by atoms with Crippen LogP contribution in [0.4, 0.5) is 0 Å². The van der Waals surface area contributed by atoms with Gasteiger partial charge in [-0.15, -0.1) is 0 Å². The van der Waals surface area contributed by atoms with Crippen LogP contribution in [0.1, 0.15) is 12.5 Å². The van der Waals surface area contributed by atoms with Crippen molar-refractivity contribution in [3.8, 4) is 0 Å². The Balaban J connectivity index is 2.65. The standard InChI is InChI=1S/C10H15NO3S/c1-9(7-11)14-15(12,13)8-10-5-3-2-4-6-10/h2-6,9H,7-8,11H2,1H3. The molecule has 2 N–H and O–H groups in total. The van der Waals surface area contributed by atoms with Gasteiger partial charge in [-0.2, -0.15) is 8.42 Å². The summed E-state index contributed by atoms with van der Waals surface area (Å²) < 4.78 is 27.8. The summed E-state index contributed by atoms with van der Waals surface area (Å²) in [6.45, 7) is 1.82. The van der Waals surface area contributed by atoms with E-state index in [1.807, 2.05) is 6.07 Å². The minimum absolute atomic E-state index is 0.113. The van der Waals surface area contributed by atoms with E-state index in [0.29, 0.717) is 5.56 Å². The van der Waals surface area contributed by atoms with Crippen LogP contribution in [0.2, 0.25) is 0 Å². The van der Waals surface area contributed by atoms with Gasteiger partial charge in [-0.1, -0.05) is 30.3 Å². The lowest BCUT2D eigenvalue weighted by Crippen LogP contribution is -2.24. The summed E-state index contributed by atoms with van der Waals surface area (Å²) in [5, 5.41) is 0. The molecule has 0 aliphatic rings. The van der Waals surface area contributed by atoms with Crippen molar-refractivity contribution in [3.05, 3.63) is 35.9 Å². The molecule has 1 atom stereocenters. The highest BCUT2D eigenvalue weighted by atomic mass is 32.2. The van der Waals surface area contributed by atoms with E-state index in [9.17, 15) is 8.42 Å². The first-order chi connectivity index (χ1) is 7.03. The maximum atomic E-state index is 11.5. The molecular weight excluding hydrogens is 214 g/mol. The Labute approximate surface area is 90.2 Å². The summed E-state index contributed by atoms with van der Waals surface area (Å²) in [5.74, 6) is -0.113. The highest BCUT2D eigenvalue weighted by molar-refractivity contribution is 7.85. The molecule has 0 aliphatic heterocycles. The highest BCUT2D eigenvalue weighted by Gasteiger charge is 2.15. The monoisotopic (exact) mass is 229 g/mol. The number of rotatable bonds is 5. The quantitative estimate of drug-likeness (QED) is 0.761. The van der Waals surface area contributed by atoms with Gasteiger partial charge in [0, 0.05) is 6.54 Å². The van der Waals surface area contributed by atoms with E-state index >= 15 is 0 Å². The molecule has 0 aliphatic carbocycles. The Morgan fingerprint density at radius 3 is 2.47 bits per heavy atom. The molecule has 1 unspecified atom stereocenters. The van der Waals surface area contributed by atoms with E-state index in [1.54, 1.807) is 31.2 Å². The Morgan fingerprint density at radius 2 is 1.93 bits per heavy atom. The van der Waals surface area contributed by atoms with Crippen molar-refractivity contribution >= 4 is 10.1 Å². The molecule has 0 heterocycles. The lowest BCUT2D eigenvalue weighted by Gasteiger charge is -2.10. The molecule has 84 valence electrons. The van der Waals surface area contributed by atoms with E-state index < -0.39 is 16.2 Å². The molecule has 1 rings (SSSR count). The van der Waals surface area contributed by atoms with Crippen LogP contribution in [0.5, 0.6) is 0 Å². The van der Waals surface area contributed by atoms with Gasteiger partial charge < -0.3 is 5.73 Å². The summed E-state index contributed by atoms with van der Waals surface area (Å²) in [6.07, 6.45) is -0.473. The van der Waals surface area contributed by atoms with Gasteiger partial charge in [0.05, 0.1) is 6.10 Å². The molecule has 0 saturated carbocycles. The molecule has 0 saturated heterocycles. The van der Waals surface area contributed by atoms with E-state index in [0.717, 1.165) is 0 Å². The SMILES string of the molecule is CC(CN)OS(=O)(=O)Cc1ccccc1. The van der Waals surface area contributed by atoms with Gasteiger partial charge in [0.15, 0.2) is 0 Å². The van der Waals surface area contributed by atoms with Crippen molar-refractivity contribution in [3.63, 3.8) is 0 Å². The molecule has 0 aromatic heterocycles.